The molecule has 1 fully saturated rings. The minimum atomic E-state index is -3.60. The van der Waals surface area contributed by atoms with Crippen LogP contribution in [0.1, 0.15) is 111 Å². The van der Waals surface area contributed by atoms with E-state index in [-0.39, 0.29) is 30.1 Å². The Morgan fingerprint density at radius 1 is 1.11 bits per heavy atom. The van der Waals surface area contributed by atoms with Gasteiger partial charge in [0.2, 0.25) is 5.78 Å². The molecule has 5 nitrogen and oxygen atoms in total. The van der Waals surface area contributed by atoms with E-state index in [9.17, 15) is 20.9 Å². The lowest BCUT2D eigenvalue weighted by molar-refractivity contribution is -0.152. The van der Waals surface area contributed by atoms with Crippen molar-refractivity contribution in [1.82, 2.24) is 0 Å². The molecule has 0 heterocycles. The number of alkyl halides is 2. The Kier molecular flexibility index (Phi) is 10.3. The van der Waals surface area contributed by atoms with E-state index in [1.54, 1.807) is 13.8 Å². The molecule has 37 heavy (non-hydrogen) atoms. The number of aliphatic carboxylic acids is 1. The van der Waals surface area contributed by atoms with Crippen molar-refractivity contribution in [2.45, 2.75) is 119 Å². The van der Waals surface area contributed by atoms with Crippen LogP contribution in [0.4, 0.5) is 8.78 Å². The van der Waals surface area contributed by atoms with Gasteiger partial charge in [-0.25, -0.2) is 0 Å². The summed E-state index contributed by atoms with van der Waals surface area (Å²) >= 11 is 0. The third-order valence-corrected chi connectivity index (χ3v) is 9.36. The number of ketones is 2. The van der Waals surface area contributed by atoms with Crippen molar-refractivity contribution in [3.05, 3.63) is 0 Å². The Labute approximate surface area is 226 Å². The summed E-state index contributed by atoms with van der Waals surface area (Å²) in [6.45, 7) is 16.4. The second kappa shape index (κ2) is 12.7. The zero-order chi connectivity index (χ0) is 30.9. The molecule has 0 bridgehead atoms. The number of carboxylic acids is 1. The highest BCUT2D eigenvalue weighted by Gasteiger charge is 2.64. The first-order valence-electron chi connectivity index (χ1n) is 14.9. The Morgan fingerprint density at radius 2 is 1.65 bits per heavy atom. The van der Waals surface area contributed by atoms with Gasteiger partial charge >= 0.3 is 11.9 Å². The van der Waals surface area contributed by atoms with Crippen molar-refractivity contribution >= 4 is 17.5 Å². The summed E-state index contributed by atoms with van der Waals surface area (Å²) in [5.74, 6) is -13.3. The summed E-state index contributed by atoms with van der Waals surface area (Å²) < 4.78 is 48.5. The first-order valence-corrected chi connectivity index (χ1v) is 13.9. The van der Waals surface area contributed by atoms with E-state index in [1.165, 1.54) is 27.7 Å². The molecule has 1 aliphatic rings. The molecule has 0 aromatic carbocycles. The lowest BCUT2D eigenvalue weighted by atomic mass is 9.59. The monoisotopic (exact) mass is 532 g/mol. The molecule has 0 saturated heterocycles. The summed E-state index contributed by atoms with van der Waals surface area (Å²) in [5, 5.41) is 20.8. The van der Waals surface area contributed by atoms with E-state index < -0.39 is 70.9 Å². The zero-order valence-electron chi connectivity index (χ0n) is 26.6. The zero-order valence-corrected chi connectivity index (χ0v) is 24.6. The van der Waals surface area contributed by atoms with Crippen molar-refractivity contribution in [2.75, 3.05) is 0 Å². The number of hydrogen-bond acceptors (Lipinski definition) is 4. The molecule has 216 valence electrons. The Bertz CT molecular complexity index is 908. The number of halogens is 2. The molecule has 7 unspecified atom stereocenters. The first kappa shape index (κ1) is 30.2. The van der Waals surface area contributed by atoms with E-state index >= 15 is 8.78 Å². The first-order chi connectivity index (χ1) is 17.5. The molecule has 10 atom stereocenters. The van der Waals surface area contributed by atoms with Gasteiger partial charge in [-0.1, -0.05) is 75.2 Å². The van der Waals surface area contributed by atoms with Gasteiger partial charge < -0.3 is 10.2 Å². The van der Waals surface area contributed by atoms with Crippen LogP contribution >= 0.6 is 0 Å². The second-order valence-corrected chi connectivity index (χ2v) is 12.5. The van der Waals surface area contributed by atoms with Crippen LogP contribution in [0.2, 0.25) is 0 Å². The summed E-state index contributed by atoms with van der Waals surface area (Å²) in [6.07, 6.45) is 0.723. The van der Waals surface area contributed by atoms with Crippen LogP contribution in [0.5, 0.6) is 0 Å². The van der Waals surface area contributed by atoms with Crippen LogP contribution in [0.3, 0.4) is 0 Å². The third kappa shape index (κ3) is 7.39. The quantitative estimate of drug-likeness (QED) is 0.236. The molecular formula is C30H52F2O5. The maximum absolute atomic E-state index is 15.0. The molecule has 1 aliphatic carbocycles. The molecule has 0 spiro atoms. The maximum atomic E-state index is 15.0. The van der Waals surface area contributed by atoms with Crippen molar-refractivity contribution in [3.8, 4) is 0 Å². The van der Waals surface area contributed by atoms with Crippen LogP contribution < -0.4 is 0 Å². The van der Waals surface area contributed by atoms with Crippen molar-refractivity contribution < 1.29 is 36.1 Å². The normalized spacial score (nSPS) is 36.2. The fourth-order valence-electron chi connectivity index (χ4n) is 6.51. The van der Waals surface area contributed by atoms with Gasteiger partial charge in [0.25, 0.3) is 0 Å². The van der Waals surface area contributed by atoms with Crippen LogP contribution in [0.15, 0.2) is 0 Å². The van der Waals surface area contributed by atoms with Gasteiger partial charge in [0.15, 0.2) is 0 Å². The number of carbonyl (C=O) groups excluding carboxylic acids is 2. The van der Waals surface area contributed by atoms with Gasteiger partial charge in [0.05, 0.1) is 5.60 Å². The summed E-state index contributed by atoms with van der Waals surface area (Å²) in [5.41, 5.74) is -3.85. The lowest BCUT2D eigenvalue weighted by Crippen LogP contribution is -2.47. The highest BCUT2D eigenvalue weighted by atomic mass is 19.3. The molecule has 1 saturated carbocycles. The molecule has 1 rings (SSSR count). The molecule has 0 radical (unpaired) electrons. The van der Waals surface area contributed by atoms with Gasteiger partial charge in [0, 0.05) is 38.7 Å². The van der Waals surface area contributed by atoms with Crippen LogP contribution in [0.25, 0.3) is 0 Å². The van der Waals surface area contributed by atoms with Gasteiger partial charge in [-0.2, -0.15) is 8.78 Å². The molecule has 0 aliphatic heterocycles. The molecule has 0 aromatic rings. The SMILES string of the molecule is [2H]C1(C)C(=O)[C@](C)(C(C)C(C)C(C)CC(C)CC(=O)O)[C@@]([2H])(CC(C)C(=O)C(F)(F)CC(C)CCC)[C@]1(C)O. The maximum Gasteiger partial charge on any atom is 0.305 e. The highest BCUT2D eigenvalue weighted by molar-refractivity contribution is 5.92. The Balaban J connectivity index is 3.47. The Hall–Kier alpha value is -1.37. The van der Waals surface area contributed by atoms with E-state index in [4.69, 9.17) is 6.48 Å². The number of carbonyl (C=O) groups is 3. The summed E-state index contributed by atoms with van der Waals surface area (Å²) in [4.78, 5) is 38.1. The number of hydrogen-bond donors (Lipinski definition) is 2. The lowest BCUT2D eigenvalue weighted by Gasteiger charge is -2.44. The Morgan fingerprint density at radius 3 is 2.14 bits per heavy atom. The number of rotatable bonds is 15. The minimum absolute atomic E-state index is 0.00572. The van der Waals surface area contributed by atoms with E-state index in [0.717, 1.165) is 0 Å². The smallest absolute Gasteiger partial charge is 0.305 e. The second-order valence-electron chi connectivity index (χ2n) is 12.5. The third-order valence-electron chi connectivity index (χ3n) is 9.36. The average molecular weight is 533 g/mol. The fourth-order valence-corrected chi connectivity index (χ4v) is 6.51. The molecule has 7 heteroatoms. The average Bonchev–Trinajstić information content (AvgIpc) is 2.86. The molecule has 0 aromatic heterocycles. The number of carboxylic acid groups (broad SMARTS) is 1. The highest BCUT2D eigenvalue weighted by Crippen LogP contribution is 2.58. The largest absolute Gasteiger partial charge is 0.481 e. The molecule has 2 N–H and O–H groups in total. The van der Waals surface area contributed by atoms with E-state index in [2.05, 4.69) is 0 Å². The number of aliphatic hydroxyl groups is 1. The topological polar surface area (TPSA) is 91.7 Å². The minimum Gasteiger partial charge on any atom is -0.481 e. The van der Waals surface area contributed by atoms with Crippen LogP contribution in [0, 0.1) is 52.7 Å². The van der Waals surface area contributed by atoms with Crippen LogP contribution in [-0.2, 0) is 14.4 Å². The van der Waals surface area contributed by atoms with Crippen molar-refractivity contribution in [2.24, 2.45) is 52.7 Å². The standard InChI is InChI=1S/C30H52F2O5/c1-11-12-17(2)16-30(31,32)26(35)20(5)15-24-28(9,27(36)23(8)29(24,10)37)22(7)21(6)19(4)13-18(3)14-25(33)34/h17-24,37H,11-16H2,1-10H3,(H,33,34)/t17?,18?,19?,20?,21?,22?,23?,24-,28-,29-/m1/s1/i23D,24D. The molecular weight excluding hydrogens is 478 g/mol. The number of Topliss-reactive ketones (excluding diaryl/α,β-unsaturated/α-hetero) is 2. The van der Waals surface area contributed by atoms with Gasteiger partial charge in [0.1, 0.15) is 5.78 Å². The predicted molar refractivity (Wildman–Crippen MR) is 142 cm³/mol. The van der Waals surface area contributed by atoms with Gasteiger partial charge in [-0.05, 0) is 49.4 Å². The predicted octanol–water partition coefficient (Wildman–Crippen LogP) is 7.04. The summed E-state index contributed by atoms with van der Waals surface area (Å²) in [6, 6.07) is 0. The van der Waals surface area contributed by atoms with Gasteiger partial charge in [-0.3, -0.25) is 14.4 Å². The van der Waals surface area contributed by atoms with Crippen LogP contribution in [-0.4, -0.2) is 39.3 Å². The van der Waals surface area contributed by atoms with E-state index in [0.29, 0.717) is 19.3 Å². The summed E-state index contributed by atoms with van der Waals surface area (Å²) in [7, 11) is 0. The van der Waals surface area contributed by atoms with E-state index in [1.807, 2.05) is 27.7 Å². The molecule has 0 amide bonds. The van der Waals surface area contributed by atoms with Crippen molar-refractivity contribution in [3.63, 3.8) is 0 Å². The van der Waals surface area contributed by atoms with Crippen molar-refractivity contribution in [1.29, 1.82) is 0 Å². The fraction of sp³-hybridized carbons (Fsp3) is 0.900. The van der Waals surface area contributed by atoms with Gasteiger partial charge in [-0.15, -0.1) is 0 Å².